The third kappa shape index (κ3) is 2.18. The van der Waals surface area contributed by atoms with Crippen LogP contribution >= 0.6 is 0 Å². The molecule has 2 aromatic heterocycles. The van der Waals surface area contributed by atoms with Crippen LogP contribution in [0.1, 0.15) is 38.5 Å². The van der Waals surface area contributed by atoms with Crippen molar-refractivity contribution in [2.75, 3.05) is 6.54 Å². The Labute approximate surface area is 112 Å². The Kier molecular flexibility index (Phi) is 3.14. The normalized spacial score (nSPS) is 27.6. The second-order valence-electron chi connectivity index (χ2n) is 5.57. The van der Waals surface area contributed by atoms with Gasteiger partial charge < -0.3 is 14.7 Å². The van der Waals surface area contributed by atoms with Crippen molar-refractivity contribution in [1.29, 1.82) is 0 Å². The lowest BCUT2D eigenvalue weighted by Gasteiger charge is -2.35. The van der Waals surface area contributed by atoms with Crippen LogP contribution in [0.3, 0.4) is 0 Å². The van der Waals surface area contributed by atoms with E-state index in [1.807, 2.05) is 12.1 Å². The zero-order valence-corrected chi connectivity index (χ0v) is 11.1. The number of hydrogen-bond acceptors (Lipinski definition) is 5. The molecule has 5 heteroatoms. The van der Waals surface area contributed by atoms with Crippen LogP contribution in [0.2, 0.25) is 0 Å². The molecule has 2 heterocycles. The summed E-state index contributed by atoms with van der Waals surface area (Å²) < 4.78 is 10.7. The Morgan fingerprint density at radius 1 is 1.42 bits per heavy atom. The van der Waals surface area contributed by atoms with Gasteiger partial charge in [-0.2, -0.15) is 4.98 Å². The highest BCUT2D eigenvalue weighted by molar-refractivity contribution is 5.45. The van der Waals surface area contributed by atoms with Crippen molar-refractivity contribution in [1.82, 2.24) is 10.1 Å². The largest absolute Gasteiger partial charge is 0.461 e. The number of aromatic nitrogens is 2. The molecule has 5 nitrogen and oxygen atoms in total. The predicted molar refractivity (Wildman–Crippen MR) is 70.4 cm³/mol. The van der Waals surface area contributed by atoms with Crippen molar-refractivity contribution in [2.24, 2.45) is 11.7 Å². The van der Waals surface area contributed by atoms with E-state index < -0.39 is 0 Å². The maximum Gasteiger partial charge on any atom is 0.238 e. The van der Waals surface area contributed by atoms with E-state index in [0.717, 1.165) is 31.6 Å². The van der Waals surface area contributed by atoms with E-state index in [1.54, 1.807) is 6.26 Å². The van der Waals surface area contributed by atoms with Gasteiger partial charge in [0.05, 0.1) is 11.7 Å². The summed E-state index contributed by atoms with van der Waals surface area (Å²) in [6, 6.07) is 3.64. The molecule has 0 amide bonds. The lowest BCUT2D eigenvalue weighted by atomic mass is 9.71. The van der Waals surface area contributed by atoms with E-state index in [-0.39, 0.29) is 5.41 Å². The molecule has 102 valence electrons. The van der Waals surface area contributed by atoms with Gasteiger partial charge >= 0.3 is 0 Å². The van der Waals surface area contributed by atoms with E-state index in [0.29, 0.717) is 24.0 Å². The topological polar surface area (TPSA) is 78.1 Å². The lowest BCUT2D eigenvalue weighted by molar-refractivity contribution is 0.191. The number of nitrogens with two attached hydrogens (primary N) is 1. The Morgan fingerprint density at radius 2 is 2.21 bits per heavy atom. The molecule has 0 aliphatic heterocycles. The van der Waals surface area contributed by atoms with Crippen molar-refractivity contribution in [3.63, 3.8) is 0 Å². The van der Waals surface area contributed by atoms with E-state index >= 15 is 0 Å². The van der Waals surface area contributed by atoms with Gasteiger partial charge in [0.25, 0.3) is 0 Å². The van der Waals surface area contributed by atoms with E-state index in [9.17, 15) is 0 Å². The molecular formula is C14H19N3O2. The molecule has 0 radical (unpaired) electrons. The molecule has 1 aliphatic rings. The third-order valence-corrected chi connectivity index (χ3v) is 4.24. The lowest BCUT2D eigenvalue weighted by Crippen LogP contribution is -2.39. The molecular weight excluding hydrogens is 242 g/mol. The monoisotopic (exact) mass is 261 g/mol. The van der Waals surface area contributed by atoms with Gasteiger partial charge in [0.1, 0.15) is 0 Å². The highest BCUT2D eigenvalue weighted by Gasteiger charge is 2.39. The molecule has 19 heavy (non-hydrogen) atoms. The number of rotatable bonds is 3. The summed E-state index contributed by atoms with van der Waals surface area (Å²) in [6.07, 6.45) is 5.96. The van der Waals surface area contributed by atoms with Crippen LogP contribution in [-0.4, -0.2) is 16.7 Å². The van der Waals surface area contributed by atoms with Crippen LogP contribution in [0, 0.1) is 5.92 Å². The summed E-state index contributed by atoms with van der Waals surface area (Å²) in [7, 11) is 0. The quantitative estimate of drug-likeness (QED) is 0.919. The molecule has 0 atom stereocenters. The molecule has 1 saturated carbocycles. The SMILES string of the molecule is CC1CCC(CN)(c2nc(-c3ccco3)no2)CC1. The first-order valence-electron chi connectivity index (χ1n) is 6.82. The summed E-state index contributed by atoms with van der Waals surface area (Å²) in [5, 5.41) is 4.01. The van der Waals surface area contributed by atoms with Crippen LogP contribution in [0.4, 0.5) is 0 Å². The van der Waals surface area contributed by atoms with Gasteiger partial charge in [-0.3, -0.25) is 0 Å². The van der Waals surface area contributed by atoms with Gasteiger partial charge in [0, 0.05) is 6.54 Å². The van der Waals surface area contributed by atoms with Gasteiger partial charge in [0.2, 0.25) is 11.7 Å². The van der Waals surface area contributed by atoms with Gasteiger partial charge in [-0.15, -0.1) is 0 Å². The molecule has 0 unspecified atom stereocenters. The Morgan fingerprint density at radius 3 is 2.84 bits per heavy atom. The van der Waals surface area contributed by atoms with Crippen molar-refractivity contribution in [3.05, 3.63) is 24.3 Å². The fraction of sp³-hybridized carbons (Fsp3) is 0.571. The summed E-state index contributed by atoms with van der Waals surface area (Å²) in [6.45, 7) is 2.84. The highest BCUT2D eigenvalue weighted by Crippen LogP contribution is 2.40. The van der Waals surface area contributed by atoms with Gasteiger partial charge in [0.15, 0.2) is 5.76 Å². The molecule has 2 aromatic rings. The number of furan rings is 1. The van der Waals surface area contributed by atoms with Crippen LogP contribution in [0.15, 0.2) is 27.3 Å². The van der Waals surface area contributed by atoms with Crippen molar-refractivity contribution in [2.45, 2.75) is 38.0 Å². The zero-order valence-electron chi connectivity index (χ0n) is 11.1. The average Bonchev–Trinajstić information content (AvgIpc) is 3.11. The summed E-state index contributed by atoms with van der Waals surface area (Å²) in [4.78, 5) is 4.49. The van der Waals surface area contributed by atoms with Crippen LogP contribution in [0.5, 0.6) is 0 Å². The van der Waals surface area contributed by atoms with Crippen molar-refractivity contribution < 1.29 is 8.94 Å². The smallest absolute Gasteiger partial charge is 0.238 e. The average molecular weight is 261 g/mol. The number of hydrogen-bond donors (Lipinski definition) is 1. The van der Waals surface area contributed by atoms with Crippen LogP contribution < -0.4 is 5.73 Å². The zero-order chi connectivity index (χ0) is 13.3. The molecule has 0 spiro atoms. The molecule has 0 bridgehead atoms. The number of nitrogens with zero attached hydrogens (tertiary/aromatic N) is 2. The summed E-state index contributed by atoms with van der Waals surface area (Å²) in [5.74, 6) is 2.55. The third-order valence-electron chi connectivity index (χ3n) is 4.24. The maximum absolute atomic E-state index is 5.99. The fourth-order valence-electron chi connectivity index (χ4n) is 2.76. The van der Waals surface area contributed by atoms with E-state index in [1.165, 1.54) is 0 Å². The predicted octanol–water partition coefficient (Wildman–Crippen LogP) is 2.74. The van der Waals surface area contributed by atoms with Crippen LogP contribution in [0.25, 0.3) is 11.6 Å². The Hall–Kier alpha value is -1.62. The van der Waals surface area contributed by atoms with Crippen molar-refractivity contribution in [3.8, 4) is 11.6 Å². The second-order valence-corrected chi connectivity index (χ2v) is 5.57. The first-order valence-corrected chi connectivity index (χ1v) is 6.82. The van der Waals surface area contributed by atoms with Crippen LogP contribution in [-0.2, 0) is 5.41 Å². The second kappa shape index (κ2) is 4.81. The van der Waals surface area contributed by atoms with Crippen molar-refractivity contribution >= 4 is 0 Å². The fourth-order valence-corrected chi connectivity index (χ4v) is 2.76. The van der Waals surface area contributed by atoms with Gasteiger partial charge in [-0.1, -0.05) is 12.1 Å². The molecule has 0 aromatic carbocycles. The molecule has 3 rings (SSSR count). The van der Waals surface area contributed by atoms with Gasteiger partial charge in [-0.05, 0) is 43.7 Å². The molecule has 0 saturated heterocycles. The first-order chi connectivity index (χ1) is 9.23. The maximum atomic E-state index is 5.99. The van der Waals surface area contributed by atoms with E-state index in [2.05, 4.69) is 17.1 Å². The Bertz CT molecular complexity index is 525. The minimum atomic E-state index is -0.148. The van der Waals surface area contributed by atoms with Gasteiger partial charge in [-0.25, -0.2) is 0 Å². The standard InChI is InChI=1S/C14H19N3O2/c1-10-4-6-14(9-15,7-5-10)13-16-12(17-19-13)11-3-2-8-18-11/h2-3,8,10H,4-7,9,15H2,1H3. The first kappa shape index (κ1) is 12.4. The Balaban J connectivity index is 1.88. The minimum Gasteiger partial charge on any atom is -0.461 e. The molecule has 1 aliphatic carbocycles. The molecule has 1 fully saturated rings. The minimum absolute atomic E-state index is 0.148. The highest BCUT2D eigenvalue weighted by atomic mass is 16.5. The summed E-state index contributed by atoms with van der Waals surface area (Å²) in [5.41, 5.74) is 5.84. The molecule has 2 N–H and O–H groups in total. The van der Waals surface area contributed by atoms with E-state index in [4.69, 9.17) is 14.7 Å². The summed E-state index contributed by atoms with van der Waals surface area (Å²) >= 11 is 0.